The number of halogens is 6. The van der Waals surface area contributed by atoms with Gasteiger partial charge in [0.25, 0.3) is 0 Å². The summed E-state index contributed by atoms with van der Waals surface area (Å²) in [5, 5.41) is 0.115. The lowest BCUT2D eigenvalue weighted by atomic mass is 9.68. The Hall–Kier alpha value is -1.50. The maximum absolute atomic E-state index is 14.8. The molecule has 2 heterocycles. The van der Waals surface area contributed by atoms with Gasteiger partial charge in [-0.3, -0.25) is 9.79 Å². The molecule has 0 aromatic heterocycles. The van der Waals surface area contributed by atoms with Crippen molar-refractivity contribution < 1.29 is 18.0 Å². The number of aliphatic imine (C=N–C) groups is 1. The van der Waals surface area contributed by atoms with Gasteiger partial charge in [0.05, 0.1) is 21.1 Å². The molecule has 2 aliphatic heterocycles. The zero-order chi connectivity index (χ0) is 24.7. The molecular weight excluding hydrogens is 520 g/mol. The van der Waals surface area contributed by atoms with Crippen LogP contribution in [0.2, 0.25) is 15.1 Å². The number of likely N-dealkylation sites (tertiary alicyclic amines) is 1. The maximum atomic E-state index is 14.8. The fourth-order valence-corrected chi connectivity index (χ4v) is 6.61. The molecule has 1 aromatic carbocycles. The standard InChI is InChI=1S/C26H24Cl3F3N2O/c27-19-7-17(8-20(28)23(19)29)25(26(30,31)32)10-22(33-21-9-18(21)25)14-3-1-13(2-4-14)16-11-34(12-16)24(35)15-5-6-15/h1,3,7-8,15-16,18,21H,2,4-6,9-12H2. The molecule has 1 amide bonds. The number of carbonyl (C=O) groups is 1. The van der Waals surface area contributed by atoms with E-state index in [1.807, 2.05) is 17.1 Å². The van der Waals surface area contributed by atoms with Crippen LogP contribution in [0.15, 0.2) is 40.4 Å². The van der Waals surface area contributed by atoms with Gasteiger partial charge < -0.3 is 4.90 Å². The van der Waals surface area contributed by atoms with E-state index in [-0.39, 0.29) is 44.9 Å². The predicted octanol–water partition coefficient (Wildman–Crippen LogP) is 7.20. The fourth-order valence-electron chi connectivity index (χ4n) is 6.01. The van der Waals surface area contributed by atoms with Crippen molar-refractivity contribution in [2.45, 2.75) is 56.2 Å². The van der Waals surface area contributed by atoms with E-state index < -0.39 is 17.5 Å². The molecule has 0 bridgehead atoms. The highest BCUT2D eigenvalue weighted by Crippen LogP contribution is 2.62. The molecule has 3 unspecified atom stereocenters. The Morgan fingerprint density at radius 1 is 1.06 bits per heavy atom. The molecule has 2 saturated carbocycles. The van der Waals surface area contributed by atoms with Crippen LogP contribution in [0, 0.1) is 17.8 Å². The van der Waals surface area contributed by atoms with E-state index in [1.165, 1.54) is 17.7 Å². The number of benzene rings is 1. The van der Waals surface area contributed by atoms with Crippen molar-refractivity contribution >= 4 is 46.4 Å². The smallest absolute Gasteiger partial charge is 0.341 e. The number of hydrogen-bond acceptors (Lipinski definition) is 2. The van der Waals surface area contributed by atoms with Gasteiger partial charge in [0.15, 0.2) is 0 Å². The summed E-state index contributed by atoms with van der Waals surface area (Å²) in [6.07, 6.45) is 3.10. The average Bonchev–Trinajstić information content (AvgIpc) is 3.68. The number of fused-ring (bicyclic) bond motifs is 1. The highest BCUT2D eigenvalue weighted by molar-refractivity contribution is 6.48. The Kier molecular flexibility index (Phi) is 5.63. The number of hydrogen-bond donors (Lipinski definition) is 0. The van der Waals surface area contributed by atoms with Gasteiger partial charge in [-0.05, 0) is 55.4 Å². The van der Waals surface area contributed by atoms with Crippen molar-refractivity contribution in [3.8, 4) is 0 Å². The van der Waals surface area contributed by atoms with Gasteiger partial charge in [-0.25, -0.2) is 0 Å². The van der Waals surface area contributed by atoms with Crippen LogP contribution in [0.25, 0.3) is 0 Å². The van der Waals surface area contributed by atoms with Crippen LogP contribution >= 0.6 is 34.8 Å². The number of rotatable bonds is 4. The Morgan fingerprint density at radius 3 is 2.31 bits per heavy atom. The monoisotopic (exact) mass is 542 g/mol. The molecule has 9 heteroatoms. The first-order valence-electron chi connectivity index (χ1n) is 12.1. The first-order valence-corrected chi connectivity index (χ1v) is 13.2. The molecule has 35 heavy (non-hydrogen) atoms. The molecule has 6 rings (SSSR count). The number of nitrogens with zero attached hydrogens (tertiary/aromatic N) is 2. The molecule has 5 aliphatic rings. The Balaban J connectivity index is 1.25. The van der Waals surface area contributed by atoms with Crippen molar-refractivity contribution in [2.75, 3.05) is 13.1 Å². The highest BCUT2D eigenvalue weighted by atomic mass is 35.5. The van der Waals surface area contributed by atoms with Gasteiger partial charge in [-0.15, -0.1) is 0 Å². The van der Waals surface area contributed by atoms with Gasteiger partial charge in [0.2, 0.25) is 5.91 Å². The van der Waals surface area contributed by atoms with Gasteiger partial charge in [-0.2, -0.15) is 13.2 Å². The Morgan fingerprint density at radius 2 is 1.74 bits per heavy atom. The molecule has 186 valence electrons. The Bertz CT molecular complexity index is 1170. The van der Waals surface area contributed by atoms with Crippen molar-refractivity contribution in [2.24, 2.45) is 22.7 Å². The minimum atomic E-state index is -4.49. The summed E-state index contributed by atoms with van der Waals surface area (Å²) in [5.74, 6) is 0.233. The fraction of sp³-hybridized carbons (Fsp3) is 0.538. The number of alkyl halides is 3. The first-order chi connectivity index (χ1) is 16.6. The van der Waals surface area contributed by atoms with Gasteiger partial charge >= 0.3 is 6.18 Å². The summed E-state index contributed by atoms with van der Waals surface area (Å²) in [4.78, 5) is 18.8. The van der Waals surface area contributed by atoms with Crippen LogP contribution in [-0.4, -0.2) is 41.8 Å². The Labute approximate surface area is 217 Å². The summed E-state index contributed by atoms with van der Waals surface area (Å²) in [6.45, 7) is 1.51. The second kappa shape index (κ2) is 8.26. The van der Waals surface area contributed by atoms with Crippen LogP contribution in [0.1, 0.15) is 44.1 Å². The second-order valence-corrected chi connectivity index (χ2v) is 11.7. The predicted molar refractivity (Wildman–Crippen MR) is 131 cm³/mol. The number of allylic oxidation sites excluding steroid dienone is 3. The lowest BCUT2D eigenvalue weighted by Gasteiger charge is -2.42. The van der Waals surface area contributed by atoms with Crippen molar-refractivity contribution in [3.63, 3.8) is 0 Å². The molecule has 0 N–H and O–H groups in total. The highest BCUT2D eigenvalue weighted by Gasteiger charge is 2.69. The largest absolute Gasteiger partial charge is 0.399 e. The topological polar surface area (TPSA) is 32.7 Å². The van der Waals surface area contributed by atoms with E-state index in [9.17, 15) is 18.0 Å². The third-order valence-corrected chi connectivity index (χ3v) is 9.56. The van der Waals surface area contributed by atoms with E-state index >= 15 is 0 Å². The molecular formula is C26H24Cl3F3N2O. The summed E-state index contributed by atoms with van der Waals surface area (Å²) >= 11 is 18.3. The molecule has 3 atom stereocenters. The van der Waals surface area contributed by atoms with Crippen molar-refractivity contribution in [1.29, 1.82) is 0 Å². The van der Waals surface area contributed by atoms with E-state index in [0.717, 1.165) is 37.9 Å². The van der Waals surface area contributed by atoms with Gasteiger partial charge in [0, 0.05) is 43.0 Å². The molecule has 1 aromatic rings. The molecule has 1 saturated heterocycles. The second-order valence-electron chi connectivity index (χ2n) is 10.5. The minimum Gasteiger partial charge on any atom is -0.341 e. The quantitative estimate of drug-likeness (QED) is 0.370. The first kappa shape index (κ1) is 23.9. The zero-order valence-electron chi connectivity index (χ0n) is 18.8. The van der Waals surface area contributed by atoms with Gasteiger partial charge in [0.1, 0.15) is 5.41 Å². The average molecular weight is 544 g/mol. The molecule has 3 fully saturated rings. The zero-order valence-corrected chi connectivity index (χ0v) is 21.1. The minimum absolute atomic E-state index is 0.0261. The number of amides is 1. The molecule has 3 aliphatic carbocycles. The molecule has 3 nitrogen and oxygen atoms in total. The third kappa shape index (κ3) is 3.95. The summed E-state index contributed by atoms with van der Waals surface area (Å²) in [6, 6.07) is 2.29. The third-order valence-electron chi connectivity index (χ3n) is 8.36. The van der Waals surface area contributed by atoms with Crippen LogP contribution in [0.5, 0.6) is 0 Å². The SMILES string of the molecule is O=C(C1CC1)N1CC(C2=CC=C(C3=NC4CC4C(c4cc(Cl)c(Cl)c(Cl)c4)(C(F)(F)F)C3)CC2)C1. The van der Waals surface area contributed by atoms with E-state index in [2.05, 4.69) is 0 Å². The van der Waals surface area contributed by atoms with Crippen molar-refractivity contribution in [1.82, 2.24) is 4.90 Å². The van der Waals surface area contributed by atoms with Crippen molar-refractivity contribution in [3.05, 3.63) is 56.1 Å². The summed E-state index contributed by atoms with van der Waals surface area (Å²) < 4.78 is 44.4. The lowest BCUT2D eigenvalue weighted by molar-refractivity contribution is -0.196. The van der Waals surface area contributed by atoms with Gasteiger partial charge in [-0.1, -0.05) is 52.5 Å². The summed E-state index contributed by atoms with van der Waals surface area (Å²) in [5.41, 5.74) is 0.635. The van der Waals surface area contributed by atoms with E-state index in [4.69, 9.17) is 39.8 Å². The van der Waals surface area contributed by atoms with Crippen LogP contribution < -0.4 is 0 Å². The van der Waals surface area contributed by atoms with E-state index in [0.29, 0.717) is 24.5 Å². The van der Waals surface area contributed by atoms with E-state index in [1.54, 1.807) is 0 Å². The summed E-state index contributed by atoms with van der Waals surface area (Å²) in [7, 11) is 0. The maximum Gasteiger partial charge on any atom is 0.399 e. The molecule has 0 radical (unpaired) electrons. The molecule has 0 spiro atoms. The van der Waals surface area contributed by atoms with Crippen LogP contribution in [0.4, 0.5) is 13.2 Å². The van der Waals surface area contributed by atoms with Crippen LogP contribution in [0.3, 0.4) is 0 Å². The normalized spacial score (nSPS) is 30.7. The number of carbonyl (C=O) groups excluding carboxylic acids is 1. The van der Waals surface area contributed by atoms with Crippen LogP contribution in [-0.2, 0) is 10.2 Å². The lowest BCUT2D eigenvalue weighted by Crippen LogP contribution is -2.51.